The highest BCUT2D eigenvalue weighted by Crippen LogP contribution is 2.43. The van der Waals surface area contributed by atoms with Crippen molar-refractivity contribution in [2.24, 2.45) is 5.92 Å². The maximum atomic E-state index is 11.4. The van der Waals surface area contributed by atoms with Crippen LogP contribution in [0.1, 0.15) is 56.2 Å². The highest BCUT2D eigenvalue weighted by molar-refractivity contribution is 5.12. The van der Waals surface area contributed by atoms with E-state index in [2.05, 4.69) is 18.8 Å². The minimum absolute atomic E-state index is 0.0816. The molecular weight excluding hydrogens is 290 g/mol. The molecular formula is C19H26NO3+. The number of hydrogen-bond acceptors (Lipinski definition) is 3. The molecule has 1 saturated heterocycles. The van der Waals surface area contributed by atoms with Gasteiger partial charge >= 0.3 is 0 Å². The molecule has 0 aromatic carbocycles. The molecule has 0 bridgehead atoms. The largest absolute Gasteiger partial charge is 0.463 e. The van der Waals surface area contributed by atoms with E-state index in [-0.39, 0.29) is 18.0 Å². The molecule has 124 valence electrons. The van der Waals surface area contributed by atoms with Gasteiger partial charge in [0.1, 0.15) is 6.04 Å². The van der Waals surface area contributed by atoms with Gasteiger partial charge in [-0.25, -0.2) is 0 Å². The summed E-state index contributed by atoms with van der Waals surface area (Å²) in [5.41, 5.74) is -0.790. The van der Waals surface area contributed by atoms with Crippen LogP contribution in [0, 0.1) is 5.92 Å². The summed E-state index contributed by atoms with van der Waals surface area (Å²) in [5.74, 6) is 1.95. The molecule has 23 heavy (non-hydrogen) atoms. The van der Waals surface area contributed by atoms with Crippen molar-refractivity contribution in [3.63, 3.8) is 0 Å². The number of quaternary nitrogens is 1. The predicted molar refractivity (Wildman–Crippen MR) is 87.6 cm³/mol. The third kappa shape index (κ3) is 3.14. The van der Waals surface area contributed by atoms with Crippen LogP contribution in [-0.4, -0.2) is 10.7 Å². The molecule has 1 aliphatic heterocycles. The molecule has 2 aromatic heterocycles. The van der Waals surface area contributed by atoms with E-state index < -0.39 is 5.60 Å². The highest BCUT2D eigenvalue weighted by Gasteiger charge is 2.51. The van der Waals surface area contributed by atoms with Gasteiger partial charge in [0.15, 0.2) is 17.6 Å². The Labute approximate surface area is 137 Å². The summed E-state index contributed by atoms with van der Waals surface area (Å²) in [6, 6.07) is 7.96. The lowest BCUT2D eigenvalue weighted by molar-refractivity contribution is -0.760. The summed E-state index contributed by atoms with van der Waals surface area (Å²) in [6.45, 7) is 6.01. The molecule has 4 nitrogen and oxygen atoms in total. The summed E-state index contributed by atoms with van der Waals surface area (Å²) in [4.78, 5) is 0. The number of aliphatic hydroxyl groups is 1. The zero-order valence-corrected chi connectivity index (χ0v) is 13.7. The molecule has 2 aromatic rings. The lowest BCUT2D eigenvalue weighted by Gasteiger charge is -2.44. The van der Waals surface area contributed by atoms with Gasteiger partial charge in [-0.2, -0.15) is 0 Å². The molecule has 0 saturated carbocycles. The van der Waals surface area contributed by atoms with Crippen LogP contribution in [0.15, 0.2) is 58.3 Å². The maximum Gasteiger partial charge on any atom is 0.161 e. The Morgan fingerprint density at radius 1 is 1.30 bits per heavy atom. The third-order valence-electron chi connectivity index (χ3n) is 5.01. The fourth-order valence-corrected chi connectivity index (χ4v) is 4.03. The third-order valence-corrected chi connectivity index (χ3v) is 5.01. The average molecular weight is 316 g/mol. The number of furan rings is 2. The van der Waals surface area contributed by atoms with E-state index in [9.17, 15) is 5.11 Å². The SMILES string of the molecule is C=CC[C@@]1(O)C[C@@H](c2ccco2)[NH2+][C@H](c2ccco2)[C@@H]1CCC. The average Bonchev–Trinajstić information content (AvgIpc) is 3.22. The van der Waals surface area contributed by atoms with Gasteiger partial charge in [0, 0.05) is 12.3 Å². The van der Waals surface area contributed by atoms with Crippen LogP contribution in [0.4, 0.5) is 0 Å². The summed E-state index contributed by atoms with van der Waals surface area (Å²) < 4.78 is 11.3. The van der Waals surface area contributed by atoms with E-state index in [0.29, 0.717) is 12.8 Å². The molecule has 0 amide bonds. The molecule has 4 atom stereocenters. The summed E-state index contributed by atoms with van der Waals surface area (Å²) in [6.07, 6.45) is 8.45. The fourth-order valence-electron chi connectivity index (χ4n) is 4.03. The van der Waals surface area contributed by atoms with E-state index in [1.165, 1.54) is 0 Å². The first kappa shape index (κ1) is 16.1. The van der Waals surface area contributed by atoms with Crippen molar-refractivity contribution in [1.82, 2.24) is 0 Å². The van der Waals surface area contributed by atoms with Crippen molar-refractivity contribution in [3.8, 4) is 0 Å². The smallest absolute Gasteiger partial charge is 0.161 e. The van der Waals surface area contributed by atoms with Gasteiger partial charge in [0.25, 0.3) is 0 Å². The molecule has 0 aliphatic carbocycles. The molecule has 3 N–H and O–H groups in total. The second-order valence-electron chi connectivity index (χ2n) is 6.55. The van der Waals surface area contributed by atoms with Crippen LogP contribution in [-0.2, 0) is 0 Å². The van der Waals surface area contributed by atoms with Crippen LogP contribution in [0.25, 0.3) is 0 Å². The Kier molecular flexibility index (Phi) is 4.74. The van der Waals surface area contributed by atoms with Gasteiger partial charge in [0.2, 0.25) is 0 Å². The minimum atomic E-state index is -0.790. The second kappa shape index (κ2) is 6.77. The van der Waals surface area contributed by atoms with Crippen molar-refractivity contribution in [2.45, 2.75) is 50.3 Å². The van der Waals surface area contributed by atoms with Crippen molar-refractivity contribution in [1.29, 1.82) is 0 Å². The summed E-state index contributed by atoms with van der Waals surface area (Å²) in [7, 11) is 0. The molecule has 0 radical (unpaired) electrons. The van der Waals surface area contributed by atoms with Gasteiger partial charge in [-0.3, -0.25) is 0 Å². The Hall–Kier alpha value is -1.78. The molecule has 0 spiro atoms. The number of rotatable bonds is 6. The lowest BCUT2D eigenvalue weighted by atomic mass is 9.69. The Balaban J connectivity index is 1.97. The maximum absolute atomic E-state index is 11.4. The monoisotopic (exact) mass is 316 g/mol. The van der Waals surface area contributed by atoms with Gasteiger partial charge < -0.3 is 19.3 Å². The molecule has 0 unspecified atom stereocenters. The lowest BCUT2D eigenvalue weighted by Crippen LogP contribution is -2.91. The minimum Gasteiger partial charge on any atom is -0.463 e. The zero-order valence-electron chi connectivity index (χ0n) is 13.7. The van der Waals surface area contributed by atoms with Crippen molar-refractivity contribution >= 4 is 0 Å². The van der Waals surface area contributed by atoms with Crippen molar-refractivity contribution in [2.75, 3.05) is 0 Å². The predicted octanol–water partition coefficient (Wildman–Crippen LogP) is 3.35. The summed E-state index contributed by atoms with van der Waals surface area (Å²) in [5, 5.41) is 13.7. The second-order valence-corrected chi connectivity index (χ2v) is 6.55. The fraction of sp³-hybridized carbons (Fsp3) is 0.474. The quantitative estimate of drug-likeness (QED) is 0.803. The Morgan fingerprint density at radius 3 is 2.57 bits per heavy atom. The molecule has 4 heteroatoms. The van der Waals surface area contributed by atoms with E-state index in [0.717, 1.165) is 24.4 Å². The number of hydrogen-bond donors (Lipinski definition) is 2. The van der Waals surface area contributed by atoms with Crippen LogP contribution in [0.3, 0.4) is 0 Å². The zero-order chi connectivity index (χ0) is 16.3. The van der Waals surface area contributed by atoms with Crippen LogP contribution in [0.5, 0.6) is 0 Å². The number of piperidine rings is 1. The highest BCUT2D eigenvalue weighted by atomic mass is 16.3. The van der Waals surface area contributed by atoms with Crippen LogP contribution in [0.2, 0.25) is 0 Å². The standard InChI is InChI=1S/C19H25NO3/c1-3-7-14-18(17-9-6-12-23-17)20-15(16-8-5-11-22-16)13-19(14,21)10-4-2/h4-6,8-9,11-12,14-15,18,20-21H,2-3,7,10,13H2,1H3/p+1/t14-,15-,18-,19+/m0/s1. The van der Waals surface area contributed by atoms with E-state index in [4.69, 9.17) is 8.83 Å². The van der Waals surface area contributed by atoms with E-state index >= 15 is 0 Å². The molecule has 3 rings (SSSR count). The Bertz CT molecular complexity index is 605. The first-order valence-electron chi connectivity index (χ1n) is 8.43. The van der Waals surface area contributed by atoms with Crippen LogP contribution < -0.4 is 5.32 Å². The van der Waals surface area contributed by atoms with Gasteiger partial charge in [0.05, 0.1) is 18.1 Å². The number of nitrogens with two attached hydrogens (primary N) is 1. The molecule has 1 aliphatic rings. The molecule has 3 heterocycles. The van der Waals surface area contributed by atoms with Crippen molar-refractivity contribution < 1.29 is 19.3 Å². The Morgan fingerprint density at radius 2 is 2.00 bits per heavy atom. The molecule has 1 fully saturated rings. The van der Waals surface area contributed by atoms with Crippen LogP contribution >= 0.6 is 0 Å². The van der Waals surface area contributed by atoms with Gasteiger partial charge in [-0.15, -0.1) is 6.58 Å². The normalized spacial score (nSPS) is 31.1. The first-order valence-corrected chi connectivity index (χ1v) is 8.43. The van der Waals surface area contributed by atoms with E-state index in [1.54, 1.807) is 12.5 Å². The topological polar surface area (TPSA) is 63.1 Å². The first-order chi connectivity index (χ1) is 11.2. The van der Waals surface area contributed by atoms with Gasteiger partial charge in [-0.05, 0) is 37.1 Å². The van der Waals surface area contributed by atoms with E-state index in [1.807, 2.05) is 30.3 Å². The summed E-state index contributed by atoms with van der Waals surface area (Å²) >= 11 is 0. The van der Waals surface area contributed by atoms with Gasteiger partial charge in [-0.1, -0.05) is 19.4 Å². The van der Waals surface area contributed by atoms with Crippen molar-refractivity contribution in [3.05, 3.63) is 61.0 Å².